The number of anilines is 3. The van der Waals surface area contributed by atoms with Crippen LogP contribution in [0.2, 0.25) is 0 Å². The summed E-state index contributed by atoms with van der Waals surface area (Å²) in [6, 6.07) is 85.0. The third-order valence-electron chi connectivity index (χ3n) is 12.9. The lowest BCUT2D eigenvalue weighted by molar-refractivity contribution is 0.674. The van der Waals surface area contributed by atoms with Crippen molar-refractivity contribution >= 4 is 82.6 Å². The Hall–Kier alpha value is -8.60. The molecule has 4 nitrogen and oxygen atoms in total. The fraction of sp³-hybridized carbons (Fsp3) is 0. The minimum absolute atomic E-state index is 0.886. The van der Waals surface area contributed by atoms with Crippen LogP contribution >= 0.6 is 0 Å². The Morgan fingerprint density at radius 1 is 0.297 bits per heavy atom. The van der Waals surface area contributed by atoms with Crippen LogP contribution in [0.1, 0.15) is 0 Å². The number of nitrogens with zero attached hydrogens (tertiary/aromatic N) is 3. The standard InChI is InChI=1S/C60H39N3O/c1-2-16-43(17-3-1)63-57-27-11-8-21-53(57)60-58(63)54-24-13-23-50(59(54)64-60)42-30-34-45(35-31-42)61(44-32-28-41(29-33-44)49-22-12-15-40-14-4-5-18-48(40)49)46-36-38-47(39-37-46)62-55-25-9-6-19-51(55)52-20-7-10-26-56(52)62/h1-39H. The zero-order valence-corrected chi connectivity index (χ0v) is 34.8. The van der Waals surface area contributed by atoms with E-state index < -0.39 is 0 Å². The van der Waals surface area contributed by atoms with Gasteiger partial charge in [-0.15, -0.1) is 0 Å². The van der Waals surface area contributed by atoms with Crippen LogP contribution < -0.4 is 4.90 Å². The summed E-state index contributed by atoms with van der Waals surface area (Å²) in [7, 11) is 0. The van der Waals surface area contributed by atoms with Gasteiger partial charge in [0.1, 0.15) is 11.1 Å². The Bertz CT molecular complexity index is 3820. The Morgan fingerprint density at radius 3 is 1.41 bits per heavy atom. The minimum atomic E-state index is 0.886. The van der Waals surface area contributed by atoms with Gasteiger partial charge in [0.05, 0.1) is 16.6 Å². The van der Waals surface area contributed by atoms with Crippen molar-refractivity contribution in [2.24, 2.45) is 0 Å². The quantitative estimate of drug-likeness (QED) is 0.160. The molecule has 0 saturated carbocycles. The molecule has 0 radical (unpaired) electrons. The van der Waals surface area contributed by atoms with E-state index in [9.17, 15) is 0 Å². The molecule has 0 fully saturated rings. The predicted octanol–water partition coefficient (Wildman–Crippen LogP) is 16.6. The summed E-state index contributed by atoms with van der Waals surface area (Å²) in [5.41, 5.74) is 16.4. The van der Waals surface area contributed by atoms with E-state index in [4.69, 9.17) is 4.42 Å². The molecule has 300 valence electrons. The van der Waals surface area contributed by atoms with E-state index in [0.29, 0.717) is 0 Å². The summed E-state index contributed by atoms with van der Waals surface area (Å²) >= 11 is 0. The highest BCUT2D eigenvalue weighted by Crippen LogP contribution is 2.44. The van der Waals surface area contributed by atoms with Crippen LogP contribution in [0.25, 0.3) is 99.2 Å². The van der Waals surface area contributed by atoms with Gasteiger partial charge in [-0.2, -0.15) is 0 Å². The van der Waals surface area contributed by atoms with Crippen molar-refractivity contribution in [1.29, 1.82) is 0 Å². The highest BCUT2D eigenvalue weighted by molar-refractivity contribution is 6.18. The van der Waals surface area contributed by atoms with Crippen LogP contribution in [-0.4, -0.2) is 9.13 Å². The van der Waals surface area contributed by atoms with Gasteiger partial charge in [-0.05, 0) is 118 Å². The molecule has 3 heterocycles. The maximum atomic E-state index is 6.91. The van der Waals surface area contributed by atoms with Crippen molar-refractivity contribution in [3.8, 4) is 33.6 Å². The molecule has 10 aromatic carbocycles. The maximum Gasteiger partial charge on any atom is 0.161 e. The van der Waals surface area contributed by atoms with E-state index in [2.05, 4.69) is 251 Å². The van der Waals surface area contributed by atoms with Crippen molar-refractivity contribution in [2.45, 2.75) is 0 Å². The second-order valence-electron chi connectivity index (χ2n) is 16.5. The number of hydrogen-bond acceptors (Lipinski definition) is 2. The first kappa shape index (κ1) is 36.1. The van der Waals surface area contributed by atoms with E-state index in [-0.39, 0.29) is 0 Å². The molecular weight excluding hydrogens is 779 g/mol. The molecule has 64 heavy (non-hydrogen) atoms. The van der Waals surface area contributed by atoms with E-state index in [1.54, 1.807) is 0 Å². The highest BCUT2D eigenvalue weighted by atomic mass is 16.3. The van der Waals surface area contributed by atoms with Gasteiger partial charge in [0.15, 0.2) is 5.58 Å². The minimum Gasteiger partial charge on any atom is -0.453 e. The molecule has 0 spiro atoms. The van der Waals surface area contributed by atoms with Crippen LogP contribution in [-0.2, 0) is 0 Å². The number of para-hydroxylation sites is 5. The molecule has 4 heteroatoms. The van der Waals surface area contributed by atoms with Crippen molar-refractivity contribution in [2.75, 3.05) is 4.90 Å². The summed E-state index contributed by atoms with van der Waals surface area (Å²) in [5, 5.41) is 7.19. The summed E-state index contributed by atoms with van der Waals surface area (Å²) in [6.45, 7) is 0. The zero-order valence-electron chi connectivity index (χ0n) is 34.8. The van der Waals surface area contributed by atoms with Crippen molar-refractivity contribution in [3.05, 3.63) is 237 Å². The lowest BCUT2D eigenvalue weighted by atomic mass is 9.98. The molecule has 3 aromatic heterocycles. The van der Waals surface area contributed by atoms with Crippen LogP contribution in [0.15, 0.2) is 241 Å². The lowest BCUT2D eigenvalue weighted by Crippen LogP contribution is -2.10. The first-order valence-corrected chi connectivity index (χ1v) is 21.8. The molecule has 13 rings (SSSR count). The number of rotatable bonds is 7. The Balaban J connectivity index is 0.929. The van der Waals surface area contributed by atoms with Crippen LogP contribution in [0.4, 0.5) is 17.1 Å². The Morgan fingerprint density at radius 2 is 0.750 bits per heavy atom. The van der Waals surface area contributed by atoms with E-state index in [1.807, 2.05) is 0 Å². The Kier molecular flexibility index (Phi) is 8.18. The Labute approximate surface area is 369 Å². The van der Waals surface area contributed by atoms with Crippen molar-refractivity contribution in [1.82, 2.24) is 9.13 Å². The SMILES string of the molecule is c1ccc(-n2c3ccccc3c3oc4c(-c5ccc(N(c6ccc(-c7cccc8ccccc78)cc6)c6ccc(-n7c8ccccc8c8ccccc87)cc6)cc5)cccc4c32)cc1. The molecule has 0 atom stereocenters. The van der Waals surface area contributed by atoms with Gasteiger partial charge < -0.3 is 18.5 Å². The third-order valence-corrected chi connectivity index (χ3v) is 12.9. The van der Waals surface area contributed by atoms with Crippen LogP contribution in [0.3, 0.4) is 0 Å². The van der Waals surface area contributed by atoms with E-state index in [0.717, 1.165) is 72.5 Å². The summed E-state index contributed by atoms with van der Waals surface area (Å²) in [6.07, 6.45) is 0. The third kappa shape index (κ3) is 5.63. The fourth-order valence-corrected chi connectivity index (χ4v) is 10.0. The summed E-state index contributed by atoms with van der Waals surface area (Å²) in [4.78, 5) is 2.35. The van der Waals surface area contributed by atoms with E-state index in [1.165, 1.54) is 43.7 Å². The van der Waals surface area contributed by atoms with Gasteiger partial charge in [0, 0.05) is 55.5 Å². The highest BCUT2D eigenvalue weighted by Gasteiger charge is 2.22. The topological polar surface area (TPSA) is 26.2 Å². The summed E-state index contributed by atoms with van der Waals surface area (Å²) in [5.74, 6) is 0. The maximum absolute atomic E-state index is 6.91. The van der Waals surface area contributed by atoms with Gasteiger partial charge >= 0.3 is 0 Å². The van der Waals surface area contributed by atoms with Crippen LogP contribution in [0, 0.1) is 0 Å². The van der Waals surface area contributed by atoms with Gasteiger partial charge in [0.2, 0.25) is 0 Å². The second kappa shape index (κ2) is 14.5. The smallest absolute Gasteiger partial charge is 0.161 e. The van der Waals surface area contributed by atoms with Crippen LogP contribution in [0.5, 0.6) is 0 Å². The first-order chi connectivity index (χ1) is 31.8. The number of fused-ring (bicyclic) bond motifs is 9. The van der Waals surface area contributed by atoms with Crippen molar-refractivity contribution < 1.29 is 4.42 Å². The monoisotopic (exact) mass is 817 g/mol. The number of furan rings is 1. The van der Waals surface area contributed by atoms with Gasteiger partial charge in [-0.25, -0.2) is 0 Å². The second-order valence-corrected chi connectivity index (χ2v) is 16.5. The molecule has 0 aliphatic heterocycles. The molecule has 0 aliphatic rings. The average Bonchev–Trinajstić information content (AvgIpc) is 4.02. The van der Waals surface area contributed by atoms with Gasteiger partial charge in [0.25, 0.3) is 0 Å². The molecule has 0 aliphatic carbocycles. The van der Waals surface area contributed by atoms with E-state index >= 15 is 0 Å². The predicted molar refractivity (Wildman–Crippen MR) is 268 cm³/mol. The summed E-state index contributed by atoms with van der Waals surface area (Å²) < 4.78 is 11.6. The first-order valence-electron chi connectivity index (χ1n) is 21.8. The zero-order chi connectivity index (χ0) is 42.1. The van der Waals surface area contributed by atoms with Gasteiger partial charge in [-0.3, -0.25) is 0 Å². The number of benzene rings is 10. The lowest BCUT2D eigenvalue weighted by Gasteiger charge is -2.26. The average molecular weight is 818 g/mol. The number of hydrogen-bond donors (Lipinski definition) is 0. The molecule has 0 amide bonds. The molecule has 0 unspecified atom stereocenters. The molecule has 0 saturated heterocycles. The normalized spacial score (nSPS) is 11.8. The number of aromatic nitrogens is 2. The molecular formula is C60H39N3O. The molecule has 13 aromatic rings. The molecule has 0 N–H and O–H groups in total. The largest absolute Gasteiger partial charge is 0.453 e. The van der Waals surface area contributed by atoms with Gasteiger partial charge in [-0.1, -0.05) is 146 Å². The fourth-order valence-electron chi connectivity index (χ4n) is 10.0. The molecule has 0 bridgehead atoms. The van der Waals surface area contributed by atoms with Crippen molar-refractivity contribution in [3.63, 3.8) is 0 Å².